The Morgan fingerprint density at radius 3 is 2.60 bits per heavy atom. The number of aliphatic imine (C=N–C) groups is 1. The van der Waals surface area contributed by atoms with Crippen LogP contribution < -0.4 is 16.2 Å². The van der Waals surface area contributed by atoms with Crippen molar-refractivity contribution in [3.8, 4) is 17.1 Å². The van der Waals surface area contributed by atoms with Gasteiger partial charge >= 0.3 is 0 Å². The maximum absolute atomic E-state index is 12.6. The molecule has 0 atom stereocenters. The number of allylic oxidation sites excluding steroid dienone is 1. The third kappa shape index (κ3) is 5.55. The molecule has 1 aliphatic carbocycles. The fraction of sp³-hybridized carbons (Fsp3) is 0.350. The summed E-state index contributed by atoms with van der Waals surface area (Å²) in [6.45, 7) is 5.29. The molecule has 0 radical (unpaired) electrons. The Bertz CT molecular complexity index is 1130. The molecule has 0 spiro atoms. The quantitative estimate of drug-likeness (QED) is 0.404. The number of amidine groups is 1. The zero-order valence-corrected chi connectivity index (χ0v) is 18.0. The van der Waals surface area contributed by atoms with Crippen molar-refractivity contribution in [2.75, 3.05) is 0 Å². The highest BCUT2D eigenvalue weighted by molar-refractivity contribution is 7.89. The summed E-state index contributed by atoms with van der Waals surface area (Å²) in [5.74, 6) is 0.183. The first kappa shape index (κ1) is 21.7. The second-order valence-electron chi connectivity index (χ2n) is 8.19. The SMILES string of the molecule is CC(C)(C)NS(=O)(=O)c1cccc(-c2ncc(O)c(N=C(N)CC(N)=C3CC3)n2)c1. The molecule has 2 aromatic rings. The van der Waals surface area contributed by atoms with E-state index in [4.69, 9.17) is 11.5 Å². The van der Waals surface area contributed by atoms with E-state index in [1.54, 1.807) is 32.9 Å². The van der Waals surface area contributed by atoms with Gasteiger partial charge in [-0.2, -0.15) is 0 Å². The van der Waals surface area contributed by atoms with E-state index in [0.717, 1.165) is 12.8 Å². The molecule has 1 aromatic carbocycles. The molecule has 160 valence electrons. The molecule has 1 aliphatic rings. The summed E-state index contributed by atoms with van der Waals surface area (Å²) in [5, 5.41) is 10.1. The number of rotatable bonds is 6. The second kappa shape index (κ2) is 8.04. The number of hydrogen-bond acceptors (Lipinski definition) is 7. The Hall–Kier alpha value is -2.98. The van der Waals surface area contributed by atoms with Crippen molar-refractivity contribution in [1.29, 1.82) is 0 Å². The van der Waals surface area contributed by atoms with Crippen LogP contribution >= 0.6 is 0 Å². The fourth-order valence-electron chi connectivity index (χ4n) is 2.73. The van der Waals surface area contributed by atoms with Crippen LogP contribution in [0.4, 0.5) is 5.82 Å². The molecule has 0 bridgehead atoms. The van der Waals surface area contributed by atoms with Gasteiger partial charge in [0.2, 0.25) is 10.0 Å². The van der Waals surface area contributed by atoms with Crippen LogP contribution in [0.15, 0.2) is 51.6 Å². The lowest BCUT2D eigenvalue weighted by Gasteiger charge is -2.20. The number of nitrogens with one attached hydrogen (secondary N) is 1. The lowest BCUT2D eigenvalue weighted by Crippen LogP contribution is -2.40. The van der Waals surface area contributed by atoms with Crippen molar-refractivity contribution in [2.45, 2.75) is 50.5 Å². The average Bonchev–Trinajstić information content (AvgIpc) is 3.47. The average molecular weight is 431 g/mol. The van der Waals surface area contributed by atoms with Gasteiger partial charge in [-0.15, -0.1) is 0 Å². The highest BCUT2D eigenvalue weighted by atomic mass is 32.2. The minimum absolute atomic E-state index is 0.00725. The molecule has 6 N–H and O–H groups in total. The van der Waals surface area contributed by atoms with Crippen molar-refractivity contribution >= 4 is 21.7 Å². The van der Waals surface area contributed by atoms with E-state index in [0.29, 0.717) is 17.7 Å². The molecular weight excluding hydrogens is 404 g/mol. The van der Waals surface area contributed by atoms with Crippen LogP contribution in [-0.2, 0) is 10.0 Å². The maximum atomic E-state index is 12.6. The predicted octanol–water partition coefficient (Wildman–Crippen LogP) is 2.31. The zero-order valence-electron chi connectivity index (χ0n) is 17.2. The molecule has 1 fully saturated rings. The molecule has 10 heteroatoms. The molecular formula is C20H26N6O3S. The van der Waals surface area contributed by atoms with E-state index in [1.165, 1.54) is 23.9 Å². The minimum atomic E-state index is -3.72. The Labute approximate surface area is 176 Å². The zero-order chi connectivity index (χ0) is 22.1. The van der Waals surface area contributed by atoms with E-state index in [9.17, 15) is 13.5 Å². The van der Waals surface area contributed by atoms with Gasteiger partial charge in [0.25, 0.3) is 0 Å². The summed E-state index contributed by atoms with van der Waals surface area (Å²) in [4.78, 5) is 12.6. The van der Waals surface area contributed by atoms with Gasteiger partial charge in [0.15, 0.2) is 17.4 Å². The van der Waals surface area contributed by atoms with Gasteiger partial charge in [0.05, 0.1) is 11.1 Å². The molecule has 0 unspecified atom stereocenters. The Morgan fingerprint density at radius 1 is 1.27 bits per heavy atom. The smallest absolute Gasteiger partial charge is 0.241 e. The van der Waals surface area contributed by atoms with Crippen molar-refractivity contribution in [1.82, 2.24) is 14.7 Å². The molecule has 0 amide bonds. The highest BCUT2D eigenvalue weighted by Gasteiger charge is 2.22. The fourth-order valence-corrected chi connectivity index (χ4v) is 4.20. The summed E-state index contributed by atoms with van der Waals surface area (Å²) in [5.41, 5.74) is 13.6. The molecule has 1 saturated carbocycles. The van der Waals surface area contributed by atoms with Crippen LogP contribution in [0.1, 0.15) is 40.0 Å². The van der Waals surface area contributed by atoms with E-state index in [2.05, 4.69) is 19.7 Å². The summed E-state index contributed by atoms with van der Waals surface area (Å²) in [6, 6.07) is 6.23. The van der Waals surface area contributed by atoms with Crippen LogP contribution in [0.3, 0.4) is 0 Å². The number of aromatic hydroxyl groups is 1. The monoisotopic (exact) mass is 430 g/mol. The number of nitrogens with zero attached hydrogens (tertiary/aromatic N) is 3. The largest absolute Gasteiger partial charge is 0.503 e. The van der Waals surface area contributed by atoms with Gasteiger partial charge in [0.1, 0.15) is 5.84 Å². The van der Waals surface area contributed by atoms with Crippen molar-refractivity contribution in [3.05, 3.63) is 41.7 Å². The van der Waals surface area contributed by atoms with Gasteiger partial charge in [-0.25, -0.2) is 28.1 Å². The van der Waals surface area contributed by atoms with Crippen LogP contribution in [0.25, 0.3) is 11.4 Å². The number of sulfonamides is 1. The first-order chi connectivity index (χ1) is 13.9. The normalized spacial score (nSPS) is 14.6. The lowest BCUT2D eigenvalue weighted by molar-refractivity contribution is 0.471. The second-order valence-corrected chi connectivity index (χ2v) is 9.88. The topological polar surface area (TPSA) is 157 Å². The van der Waals surface area contributed by atoms with Crippen LogP contribution in [0.5, 0.6) is 5.75 Å². The first-order valence-corrected chi connectivity index (χ1v) is 10.9. The van der Waals surface area contributed by atoms with Gasteiger partial charge in [0, 0.05) is 23.2 Å². The molecule has 0 aliphatic heterocycles. The molecule has 30 heavy (non-hydrogen) atoms. The summed E-state index contributed by atoms with van der Waals surface area (Å²) >= 11 is 0. The number of nitrogens with two attached hydrogens (primary N) is 2. The van der Waals surface area contributed by atoms with Crippen molar-refractivity contribution in [2.24, 2.45) is 16.5 Å². The predicted molar refractivity (Wildman–Crippen MR) is 116 cm³/mol. The van der Waals surface area contributed by atoms with Crippen LogP contribution in [0, 0.1) is 0 Å². The highest BCUT2D eigenvalue weighted by Crippen LogP contribution is 2.31. The standard InChI is InChI=1S/C20H26N6O3S/c1-20(2,3)26-30(28,29)14-6-4-5-13(9-14)18-23-11-16(27)19(25-18)24-17(22)10-15(21)12-7-8-12/h4-6,9,11,26-27H,7-8,10,21H2,1-3H3,(H2,22,23,24,25). The maximum Gasteiger partial charge on any atom is 0.241 e. The third-order valence-corrected chi connectivity index (χ3v) is 5.92. The molecule has 9 nitrogen and oxygen atoms in total. The van der Waals surface area contributed by atoms with E-state index in [1.807, 2.05) is 0 Å². The Balaban J connectivity index is 1.92. The molecule has 1 heterocycles. The van der Waals surface area contributed by atoms with E-state index < -0.39 is 15.6 Å². The van der Waals surface area contributed by atoms with Gasteiger partial charge in [-0.1, -0.05) is 17.7 Å². The van der Waals surface area contributed by atoms with Crippen molar-refractivity contribution < 1.29 is 13.5 Å². The van der Waals surface area contributed by atoms with Gasteiger partial charge < -0.3 is 16.6 Å². The summed E-state index contributed by atoms with van der Waals surface area (Å²) < 4.78 is 27.8. The van der Waals surface area contributed by atoms with Gasteiger partial charge in [-0.3, -0.25) is 0 Å². The molecule has 0 saturated heterocycles. The molecule has 3 rings (SSSR count). The number of benzene rings is 1. The van der Waals surface area contributed by atoms with Gasteiger partial charge in [-0.05, 0) is 45.7 Å². The number of aromatic nitrogens is 2. The van der Waals surface area contributed by atoms with E-state index in [-0.39, 0.29) is 28.1 Å². The third-order valence-electron chi connectivity index (χ3n) is 4.17. The minimum Gasteiger partial charge on any atom is -0.503 e. The summed E-state index contributed by atoms with van der Waals surface area (Å²) in [7, 11) is -3.72. The number of hydrogen-bond donors (Lipinski definition) is 4. The van der Waals surface area contributed by atoms with E-state index >= 15 is 0 Å². The van der Waals surface area contributed by atoms with Crippen LogP contribution in [-0.4, -0.2) is 34.9 Å². The lowest BCUT2D eigenvalue weighted by atomic mass is 10.1. The van der Waals surface area contributed by atoms with Crippen molar-refractivity contribution in [3.63, 3.8) is 0 Å². The summed E-state index contributed by atoms with van der Waals surface area (Å²) in [6.07, 6.45) is 3.45. The Kier molecular flexibility index (Phi) is 5.82. The molecule has 1 aromatic heterocycles. The Morgan fingerprint density at radius 2 is 1.97 bits per heavy atom. The van der Waals surface area contributed by atoms with Crippen LogP contribution in [0.2, 0.25) is 0 Å². The first-order valence-electron chi connectivity index (χ1n) is 9.44.